The van der Waals surface area contributed by atoms with Crippen LogP contribution >= 0.6 is 11.8 Å². The van der Waals surface area contributed by atoms with E-state index < -0.39 is 11.7 Å². The number of hydrogen-bond acceptors (Lipinski definition) is 4. The van der Waals surface area contributed by atoms with E-state index in [2.05, 4.69) is 10.6 Å². The number of para-hydroxylation sites is 2. The van der Waals surface area contributed by atoms with E-state index in [1.807, 2.05) is 0 Å². The Morgan fingerprint density at radius 3 is 2.33 bits per heavy atom. The highest BCUT2D eigenvalue weighted by Crippen LogP contribution is 2.31. The highest BCUT2D eigenvalue weighted by atomic mass is 32.2. The van der Waals surface area contributed by atoms with E-state index in [-0.39, 0.29) is 12.3 Å². The second-order valence-electron chi connectivity index (χ2n) is 4.88. The molecule has 0 aromatic heterocycles. The first kappa shape index (κ1) is 17.9. The number of amides is 1. The molecule has 0 aliphatic rings. The van der Waals surface area contributed by atoms with Crippen molar-refractivity contribution in [1.82, 2.24) is 0 Å². The van der Waals surface area contributed by atoms with Crippen LogP contribution in [0.5, 0.6) is 0 Å². The van der Waals surface area contributed by atoms with Crippen molar-refractivity contribution in [2.24, 2.45) is 0 Å². The van der Waals surface area contributed by atoms with Gasteiger partial charge in [-0.05, 0) is 31.2 Å². The number of thioether (sulfide) groups is 1. The molecule has 0 atom stereocenters. The molecule has 24 heavy (non-hydrogen) atoms. The van der Waals surface area contributed by atoms with Gasteiger partial charge in [-0.3, -0.25) is 9.59 Å². The second kappa shape index (κ2) is 8.44. The lowest BCUT2D eigenvalue weighted by molar-refractivity contribution is -0.114. The van der Waals surface area contributed by atoms with Crippen LogP contribution in [0, 0.1) is 0 Å². The summed E-state index contributed by atoms with van der Waals surface area (Å²) >= 11 is 0.375. The van der Waals surface area contributed by atoms with Crippen molar-refractivity contribution in [1.29, 1.82) is 0 Å². The van der Waals surface area contributed by atoms with Gasteiger partial charge in [0.2, 0.25) is 5.91 Å². The lowest BCUT2D eigenvalue weighted by Crippen LogP contribution is -2.22. The monoisotopic (exact) mass is 350 g/mol. The summed E-state index contributed by atoms with van der Waals surface area (Å²) in [7, 11) is 0. The number of benzene rings is 2. The van der Waals surface area contributed by atoms with Gasteiger partial charge in [-0.1, -0.05) is 36.0 Å². The van der Waals surface area contributed by atoms with Crippen LogP contribution in [0.15, 0.2) is 53.4 Å². The summed E-state index contributed by atoms with van der Waals surface area (Å²) in [5.74, 6) is -3.07. The zero-order valence-electron chi connectivity index (χ0n) is 12.9. The minimum Gasteiger partial charge on any atom is -0.376 e. The van der Waals surface area contributed by atoms with E-state index >= 15 is 0 Å². The van der Waals surface area contributed by atoms with Crippen molar-refractivity contribution in [3.05, 3.63) is 54.1 Å². The van der Waals surface area contributed by atoms with Gasteiger partial charge in [0.05, 0.1) is 12.2 Å². The number of hydrogen-bond donors (Lipinski definition) is 2. The molecule has 2 aromatic carbocycles. The molecule has 7 heteroatoms. The van der Waals surface area contributed by atoms with Crippen LogP contribution in [0.25, 0.3) is 0 Å². The number of anilines is 2. The van der Waals surface area contributed by atoms with Crippen molar-refractivity contribution in [3.63, 3.8) is 0 Å². The van der Waals surface area contributed by atoms with Crippen LogP contribution in [0.3, 0.4) is 0 Å². The summed E-state index contributed by atoms with van der Waals surface area (Å²) < 4.78 is 25.1. The van der Waals surface area contributed by atoms with Crippen molar-refractivity contribution >= 4 is 34.8 Å². The van der Waals surface area contributed by atoms with Gasteiger partial charge < -0.3 is 10.6 Å². The summed E-state index contributed by atoms with van der Waals surface area (Å²) in [4.78, 5) is 23.9. The number of carbonyl (C=O) groups excluding carboxylic acids is 2. The first-order valence-electron chi connectivity index (χ1n) is 7.15. The van der Waals surface area contributed by atoms with Gasteiger partial charge in [0.1, 0.15) is 0 Å². The van der Waals surface area contributed by atoms with Crippen LogP contribution in [0.1, 0.15) is 17.3 Å². The fourth-order valence-electron chi connectivity index (χ4n) is 2.08. The molecular weight excluding hydrogens is 334 g/mol. The smallest absolute Gasteiger partial charge is 0.288 e. The van der Waals surface area contributed by atoms with Crippen LogP contribution < -0.4 is 10.6 Å². The van der Waals surface area contributed by atoms with E-state index in [1.54, 1.807) is 42.5 Å². The fourth-order valence-corrected chi connectivity index (χ4v) is 2.68. The van der Waals surface area contributed by atoms with Crippen LogP contribution in [0.2, 0.25) is 0 Å². The predicted octanol–water partition coefficient (Wildman–Crippen LogP) is 4.25. The maximum Gasteiger partial charge on any atom is 0.288 e. The molecule has 2 aromatic rings. The summed E-state index contributed by atoms with van der Waals surface area (Å²) in [6.45, 7) is 1.36. The minimum absolute atomic E-state index is 0.0853. The topological polar surface area (TPSA) is 58.2 Å². The zero-order chi connectivity index (χ0) is 17.5. The minimum atomic E-state index is -2.57. The van der Waals surface area contributed by atoms with Gasteiger partial charge in [-0.15, -0.1) is 0 Å². The largest absolute Gasteiger partial charge is 0.376 e. The molecule has 0 saturated carbocycles. The average molecular weight is 350 g/mol. The number of ketones is 1. The summed E-state index contributed by atoms with van der Waals surface area (Å²) in [6.07, 6.45) is 0. The third kappa shape index (κ3) is 5.06. The lowest BCUT2D eigenvalue weighted by Gasteiger charge is -2.12. The highest BCUT2D eigenvalue weighted by Gasteiger charge is 2.12. The third-order valence-electron chi connectivity index (χ3n) is 3.12. The van der Waals surface area contributed by atoms with E-state index in [4.69, 9.17) is 0 Å². The molecule has 0 fully saturated rings. The molecule has 0 saturated heterocycles. The summed E-state index contributed by atoms with van der Waals surface area (Å²) in [5.41, 5.74) is 1.36. The van der Waals surface area contributed by atoms with Gasteiger partial charge in [-0.25, -0.2) is 0 Å². The first-order chi connectivity index (χ1) is 11.5. The fraction of sp³-hybridized carbons (Fsp3) is 0.176. The van der Waals surface area contributed by atoms with Crippen LogP contribution in [-0.2, 0) is 4.79 Å². The molecule has 0 aliphatic heterocycles. The molecule has 0 bridgehead atoms. The van der Waals surface area contributed by atoms with Crippen molar-refractivity contribution in [3.8, 4) is 0 Å². The van der Waals surface area contributed by atoms with Crippen molar-refractivity contribution in [2.75, 3.05) is 17.2 Å². The molecule has 0 unspecified atom stereocenters. The Labute approximate surface area is 142 Å². The van der Waals surface area contributed by atoms with Gasteiger partial charge in [0.15, 0.2) is 5.78 Å². The number of halogens is 2. The Kier molecular flexibility index (Phi) is 6.31. The Morgan fingerprint density at radius 1 is 1.04 bits per heavy atom. The van der Waals surface area contributed by atoms with Gasteiger partial charge in [0, 0.05) is 16.1 Å². The Hall–Kier alpha value is -2.41. The summed E-state index contributed by atoms with van der Waals surface area (Å²) in [5, 5.41) is 5.48. The van der Waals surface area contributed by atoms with E-state index in [0.717, 1.165) is 0 Å². The van der Waals surface area contributed by atoms with Gasteiger partial charge >= 0.3 is 0 Å². The molecular formula is C17H16F2N2O2S. The molecule has 2 rings (SSSR count). The van der Waals surface area contributed by atoms with Gasteiger partial charge in [0.25, 0.3) is 5.76 Å². The van der Waals surface area contributed by atoms with E-state index in [9.17, 15) is 18.4 Å². The molecule has 0 aliphatic carbocycles. The standard InChI is InChI=1S/C17H16F2N2O2S/c1-11(22)12-6-2-3-7-13(12)20-10-16(23)21-14-8-4-5-9-15(14)24-17(18)19/h2-9,17,20H,10H2,1H3,(H,21,23). The Balaban J connectivity index is 2.01. The number of Topliss-reactive ketones (excluding diaryl/α,β-unsaturated/α-hetero) is 1. The van der Waals surface area contributed by atoms with Crippen molar-refractivity contribution < 1.29 is 18.4 Å². The lowest BCUT2D eigenvalue weighted by atomic mass is 10.1. The van der Waals surface area contributed by atoms with Gasteiger partial charge in [-0.2, -0.15) is 8.78 Å². The Bertz CT molecular complexity index is 738. The molecule has 1 amide bonds. The van der Waals surface area contributed by atoms with Crippen molar-refractivity contribution in [2.45, 2.75) is 17.6 Å². The molecule has 0 radical (unpaired) electrons. The predicted molar refractivity (Wildman–Crippen MR) is 91.9 cm³/mol. The normalized spacial score (nSPS) is 10.5. The molecule has 0 spiro atoms. The summed E-state index contributed by atoms with van der Waals surface area (Å²) in [6, 6.07) is 13.2. The molecule has 126 valence electrons. The number of carbonyl (C=O) groups is 2. The quantitative estimate of drug-likeness (QED) is 0.579. The molecule has 0 heterocycles. The number of nitrogens with one attached hydrogen (secondary N) is 2. The second-order valence-corrected chi connectivity index (χ2v) is 5.91. The third-order valence-corrected chi connectivity index (χ3v) is 3.91. The molecule has 2 N–H and O–H groups in total. The number of alkyl halides is 2. The first-order valence-corrected chi connectivity index (χ1v) is 8.03. The average Bonchev–Trinajstić information content (AvgIpc) is 2.54. The maximum atomic E-state index is 12.5. The highest BCUT2D eigenvalue weighted by molar-refractivity contribution is 7.99. The number of rotatable bonds is 7. The maximum absolute atomic E-state index is 12.5. The molecule has 4 nitrogen and oxygen atoms in total. The SMILES string of the molecule is CC(=O)c1ccccc1NCC(=O)Nc1ccccc1SC(F)F. The van der Waals surface area contributed by atoms with E-state index in [1.165, 1.54) is 13.0 Å². The van der Waals surface area contributed by atoms with Crippen LogP contribution in [-0.4, -0.2) is 24.0 Å². The zero-order valence-corrected chi connectivity index (χ0v) is 13.7. The Morgan fingerprint density at radius 2 is 1.67 bits per heavy atom. The van der Waals surface area contributed by atoms with Crippen LogP contribution in [0.4, 0.5) is 20.2 Å². The van der Waals surface area contributed by atoms with E-state index in [0.29, 0.717) is 33.6 Å².